The maximum atomic E-state index is 13.6. The van der Waals surface area contributed by atoms with E-state index < -0.39 is 5.97 Å². The molecular formula is C17H20FNO3S. The number of halogens is 1. The van der Waals surface area contributed by atoms with Gasteiger partial charge < -0.3 is 10.1 Å². The molecule has 4 nitrogen and oxygen atoms in total. The number of hydrogen-bond donors (Lipinski definition) is 1. The van der Waals surface area contributed by atoms with Crippen LogP contribution in [0.1, 0.15) is 42.3 Å². The highest BCUT2D eigenvalue weighted by molar-refractivity contribution is 7.20. The van der Waals surface area contributed by atoms with Crippen LogP contribution in [0, 0.1) is 5.82 Å². The van der Waals surface area contributed by atoms with Gasteiger partial charge in [0.2, 0.25) is 0 Å². The number of unbranched alkanes of at least 4 members (excludes halogenated alkanes) is 3. The summed E-state index contributed by atoms with van der Waals surface area (Å²) in [5.74, 6) is -1.29. The Morgan fingerprint density at radius 3 is 2.83 bits per heavy atom. The van der Waals surface area contributed by atoms with E-state index in [0.29, 0.717) is 21.5 Å². The van der Waals surface area contributed by atoms with Crippen molar-refractivity contribution in [2.24, 2.45) is 0 Å². The summed E-state index contributed by atoms with van der Waals surface area (Å²) in [5.41, 5.74) is 0. The van der Waals surface area contributed by atoms with Crippen LogP contribution in [0.15, 0.2) is 24.3 Å². The fourth-order valence-electron chi connectivity index (χ4n) is 2.16. The SMILES string of the molecule is CCCCCCNC(=O)COC(=O)c1cc2c(F)cccc2s1. The van der Waals surface area contributed by atoms with E-state index in [1.807, 2.05) is 0 Å². The van der Waals surface area contributed by atoms with Gasteiger partial charge in [-0.1, -0.05) is 32.3 Å². The molecule has 0 spiro atoms. The number of ether oxygens (including phenoxy) is 1. The number of carbonyl (C=O) groups is 2. The zero-order chi connectivity index (χ0) is 16.7. The molecule has 0 saturated heterocycles. The summed E-state index contributed by atoms with van der Waals surface area (Å²) < 4.78 is 19.2. The molecule has 0 radical (unpaired) electrons. The lowest BCUT2D eigenvalue weighted by Gasteiger charge is -2.05. The van der Waals surface area contributed by atoms with E-state index in [2.05, 4.69) is 12.2 Å². The minimum Gasteiger partial charge on any atom is -0.451 e. The van der Waals surface area contributed by atoms with Gasteiger partial charge in [-0.05, 0) is 24.6 Å². The van der Waals surface area contributed by atoms with Crippen molar-refractivity contribution in [2.45, 2.75) is 32.6 Å². The third-order valence-electron chi connectivity index (χ3n) is 3.40. The summed E-state index contributed by atoms with van der Waals surface area (Å²) in [7, 11) is 0. The molecule has 0 saturated carbocycles. The third kappa shape index (κ3) is 5.03. The number of thiophene rings is 1. The maximum Gasteiger partial charge on any atom is 0.348 e. The number of nitrogens with one attached hydrogen (secondary N) is 1. The Morgan fingerprint density at radius 1 is 1.26 bits per heavy atom. The Hall–Kier alpha value is -1.95. The summed E-state index contributed by atoms with van der Waals surface area (Å²) in [6, 6.07) is 6.13. The first-order chi connectivity index (χ1) is 11.1. The topological polar surface area (TPSA) is 55.4 Å². The van der Waals surface area contributed by atoms with Gasteiger partial charge in [0.15, 0.2) is 6.61 Å². The molecule has 1 aromatic heterocycles. The van der Waals surface area contributed by atoms with Gasteiger partial charge in [-0.25, -0.2) is 9.18 Å². The van der Waals surface area contributed by atoms with Crippen molar-refractivity contribution in [2.75, 3.05) is 13.2 Å². The zero-order valence-electron chi connectivity index (χ0n) is 13.1. The van der Waals surface area contributed by atoms with Gasteiger partial charge in [0.05, 0.1) is 0 Å². The fraction of sp³-hybridized carbons (Fsp3) is 0.412. The second-order valence-electron chi connectivity index (χ2n) is 5.25. The predicted octanol–water partition coefficient (Wildman–Crippen LogP) is 3.89. The molecular weight excluding hydrogens is 317 g/mol. The number of hydrogen-bond acceptors (Lipinski definition) is 4. The summed E-state index contributed by atoms with van der Waals surface area (Å²) in [4.78, 5) is 23.8. The van der Waals surface area contributed by atoms with Crippen LogP contribution in [-0.2, 0) is 9.53 Å². The first kappa shape index (κ1) is 17.4. The number of carbonyl (C=O) groups excluding carboxylic acids is 2. The van der Waals surface area contributed by atoms with Gasteiger partial charge in [0.25, 0.3) is 5.91 Å². The van der Waals surface area contributed by atoms with Crippen molar-refractivity contribution in [3.05, 3.63) is 35.0 Å². The molecule has 0 aliphatic carbocycles. The number of amides is 1. The molecule has 1 N–H and O–H groups in total. The van der Waals surface area contributed by atoms with Crippen molar-refractivity contribution in [3.63, 3.8) is 0 Å². The van der Waals surface area contributed by atoms with Crippen molar-refractivity contribution in [3.8, 4) is 0 Å². The van der Waals surface area contributed by atoms with Crippen molar-refractivity contribution < 1.29 is 18.7 Å². The van der Waals surface area contributed by atoms with E-state index >= 15 is 0 Å². The Bertz CT molecular complexity index is 684. The fourth-order valence-corrected chi connectivity index (χ4v) is 3.13. The molecule has 0 fully saturated rings. The summed E-state index contributed by atoms with van der Waals surface area (Å²) in [6.07, 6.45) is 4.28. The highest BCUT2D eigenvalue weighted by Crippen LogP contribution is 2.27. The summed E-state index contributed by atoms with van der Waals surface area (Å²) in [6.45, 7) is 2.39. The van der Waals surface area contributed by atoms with Gasteiger partial charge in [0.1, 0.15) is 10.7 Å². The van der Waals surface area contributed by atoms with Gasteiger partial charge >= 0.3 is 5.97 Å². The highest BCUT2D eigenvalue weighted by atomic mass is 32.1. The normalized spacial score (nSPS) is 10.7. The minimum atomic E-state index is -0.605. The van der Waals surface area contributed by atoms with Gasteiger partial charge in [-0.3, -0.25) is 4.79 Å². The van der Waals surface area contributed by atoms with E-state index in [-0.39, 0.29) is 18.3 Å². The number of benzene rings is 1. The Balaban J connectivity index is 1.79. The predicted molar refractivity (Wildman–Crippen MR) is 89.2 cm³/mol. The molecule has 1 heterocycles. The molecule has 0 unspecified atom stereocenters. The average molecular weight is 337 g/mol. The van der Waals surface area contributed by atoms with Gasteiger partial charge in [0, 0.05) is 16.6 Å². The first-order valence-electron chi connectivity index (χ1n) is 7.73. The largest absolute Gasteiger partial charge is 0.451 e. The van der Waals surface area contributed by atoms with E-state index in [4.69, 9.17) is 4.74 Å². The second kappa shape index (κ2) is 8.62. The number of fused-ring (bicyclic) bond motifs is 1. The first-order valence-corrected chi connectivity index (χ1v) is 8.55. The molecule has 2 aromatic rings. The molecule has 6 heteroatoms. The van der Waals surface area contributed by atoms with Crippen LogP contribution in [0.3, 0.4) is 0 Å². The molecule has 23 heavy (non-hydrogen) atoms. The Kier molecular flexibility index (Phi) is 6.52. The molecule has 0 aliphatic heterocycles. The van der Waals surface area contributed by atoms with E-state index in [0.717, 1.165) is 37.0 Å². The lowest BCUT2D eigenvalue weighted by atomic mass is 10.2. The highest BCUT2D eigenvalue weighted by Gasteiger charge is 2.15. The molecule has 1 aromatic carbocycles. The van der Waals surface area contributed by atoms with Gasteiger partial charge in [-0.15, -0.1) is 11.3 Å². The monoisotopic (exact) mass is 337 g/mol. The van der Waals surface area contributed by atoms with Crippen LogP contribution in [-0.4, -0.2) is 25.0 Å². The smallest absolute Gasteiger partial charge is 0.348 e. The number of rotatable bonds is 8. The third-order valence-corrected chi connectivity index (χ3v) is 4.48. The Morgan fingerprint density at radius 2 is 2.09 bits per heavy atom. The van der Waals surface area contributed by atoms with Crippen LogP contribution in [0.5, 0.6) is 0 Å². The van der Waals surface area contributed by atoms with Crippen LogP contribution in [0.4, 0.5) is 4.39 Å². The minimum absolute atomic E-state index is 0.292. The number of esters is 1. The van der Waals surface area contributed by atoms with Gasteiger partial charge in [-0.2, -0.15) is 0 Å². The summed E-state index contributed by atoms with van der Waals surface area (Å²) in [5, 5.41) is 3.10. The van der Waals surface area contributed by atoms with Crippen LogP contribution in [0.25, 0.3) is 10.1 Å². The standard InChI is InChI=1S/C17H20FNO3S/c1-2-3-4-5-9-19-16(20)11-22-17(21)15-10-12-13(18)7-6-8-14(12)23-15/h6-8,10H,2-5,9,11H2,1H3,(H,19,20). The maximum absolute atomic E-state index is 13.6. The van der Waals surface area contributed by atoms with E-state index in [1.54, 1.807) is 12.1 Å². The van der Waals surface area contributed by atoms with Crippen LogP contribution >= 0.6 is 11.3 Å². The van der Waals surface area contributed by atoms with Crippen LogP contribution < -0.4 is 5.32 Å². The molecule has 0 aliphatic rings. The molecule has 0 atom stereocenters. The second-order valence-corrected chi connectivity index (χ2v) is 6.33. The molecule has 1 amide bonds. The van der Waals surface area contributed by atoms with Crippen molar-refractivity contribution >= 4 is 33.3 Å². The van der Waals surface area contributed by atoms with Crippen molar-refractivity contribution in [1.82, 2.24) is 5.32 Å². The van der Waals surface area contributed by atoms with Crippen LogP contribution in [0.2, 0.25) is 0 Å². The lowest BCUT2D eigenvalue weighted by molar-refractivity contribution is -0.124. The lowest BCUT2D eigenvalue weighted by Crippen LogP contribution is -2.29. The molecule has 0 bridgehead atoms. The summed E-state index contributed by atoms with van der Waals surface area (Å²) >= 11 is 1.15. The zero-order valence-corrected chi connectivity index (χ0v) is 13.9. The quantitative estimate of drug-likeness (QED) is 0.587. The molecule has 2 rings (SSSR count). The Labute approximate surface area is 138 Å². The van der Waals surface area contributed by atoms with E-state index in [1.165, 1.54) is 12.1 Å². The van der Waals surface area contributed by atoms with E-state index in [9.17, 15) is 14.0 Å². The van der Waals surface area contributed by atoms with Crippen molar-refractivity contribution in [1.29, 1.82) is 0 Å². The average Bonchev–Trinajstić information content (AvgIpc) is 2.98. The molecule has 124 valence electrons.